The first kappa shape index (κ1) is 13.5. The molecule has 1 aromatic carbocycles. The number of nitriles is 1. The second-order valence-electron chi connectivity index (χ2n) is 3.09. The maximum atomic E-state index is 12.8. The molecule has 0 spiro atoms. The van der Waals surface area contributed by atoms with Crippen LogP contribution < -0.4 is 0 Å². The molecule has 0 aliphatic rings. The van der Waals surface area contributed by atoms with Crippen LogP contribution in [0.5, 0.6) is 0 Å². The van der Waals surface area contributed by atoms with E-state index in [1.54, 1.807) is 13.0 Å². The second-order valence-corrected chi connectivity index (χ2v) is 3.57. The van der Waals surface area contributed by atoms with Crippen molar-refractivity contribution >= 4 is 18.6 Å². The number of alkyl halides is 2. The van der Waals surface area contributed by atoms with Crippen molar-refractivity contribution in [3.8, 4) is 6.07 Å². The molecule has 0 radical (unpaired) electrons. The lowest BCUT2D eigenvalue weighted by atomic mass is 10.0. The van der Waals surface area contributed by atoms with E-state index in [1.165, 1.54) is 6.07 Å². The average molecular weight is 257 g/mol. The number of thiol groups is 1. The van der Waals surface area contributed by atoms with Gasteiger partial charge in [0.05, 0.1) is 23.8 Å². The Bertz CT molecular complexity index is 483. The van der Waals surface area contributed by atoms with Gasteiger partial charge in [-0.2, -0.15) is 5.26 Å². The number of ether oxygens (including phenoxy) is 1. The third kappa shape index (κ3) is 2.94. The van der Waals surface area contributed by atoms with E-state index >= 15 is 0 Å². The second kappa shape index (κ2) is 5.64. The summed E-state index contributed by atoms with van der Waals surface area (Å²) in [6.45, 7) is 1.63. The van der Waals surface area contributed by atoms with Gasteiger partial charge in [-0.1, -0.05) is 0 Å². The van der Waals surface area contributed by atoms with Crippen molar-refractivity contribution in [1.29, 1.82) is 5.26 Å². The van der Waals surface area contributed by atoms with Crippen molar-refractivity contribution in [2.45, 2.75) is 18.2 Å². The van der Waals surface area contributed by atoms with Gasteiger partial charge in [0, 0.05) is 10.5 Å². The van der Waals surface area contributed by atoms with Gasteiger partial charge >= 0.3 is 5.97 Å². The van der Waals surface area contributed by atoms with Gasteiger partial charge in [-0.25, -0.2) is 13.6 Å². The van der Waals surface area contributed by atoms with Crippen LogP contribution >= 0.6 is 12.6 Å². The van der Waals surface area contributed by atoms with Crippen LogP contribution in [-0.4, -0.2) is 12.6 Å². The predicted molar refractivity (Wildman–Crippen MR) is 59.3 cm³/mol. The zero-order chi connectivity index (χ0) is 13.0. The molecule has 6 heteroatoms. The molecular weight excluding hydrogens is 248 g/mol. The lowest BCUT2D eigenvalue weighted by Gasteiger charge is -2.11. The van der Waals surface area contributed by atoms with Gasteiger partial charge in [0.25, 0.3) is 6.43 Å². The maximum absolute atomic E-state index is 12.8. The normalized spacial score (nSPS) is 10.1. The maximum Gasteiger partial charge on any atom is 0.338 e. The quantitative estimate of drug-likeness (QED) is 0.669. The topological polar surface area (TPSA) is 50.1 Å². The smallest absolute Gasteiger partial charge is 0.338 e. The Kier molecular flexibility index (Phi) is 4.46. The van der Waals surface area contributed by atoms with E-state index in [4.69, 9.17) is 5.26 Å². The van der Waals surface area contributed by atoms with Gasteiger partial charge in [-0.05, 0) is 19.1 Å². The fourth-order valence-corrected chi connectivity index (χ4v) is 1.67. The van der Waals surface area contributed by atoms with Crippen molar-refractivity contribution in [3.05, 3.63) is 28.8 Å². The monoisotopic (exact) mass is 257 g/mol. The number of esters is 1. The fraction of sp³-hybridized carbons (Fsp3) is 0.273. The van der Waals surface area contributed by atoms with Crippen LogP contribution in [0.1, 0.15) is 34.8 Å². The van der Waals surface area contributed by atoms with Gasteiger partial charge in [0.1, 0.15) is 0 Å². The van der Waals surface area contributed by atoms with Crippen LogP contribution in [0.2, 0.25) is 0 Å². The number of hydrogen-bond acceptors (Lipinski definition) is 4. The molecule has 90 valence electrons. The minimum absolute atomic E-state index is 0.0696. The van der Waals surface area contributed by atoms with Crippen molar-refractivity contribution in [2.24, 2.45) is 0 Å². The van der Waals surface area contributed by atoms with Crippen molar-refractivity contribution in [2.75, 3.05) is 6.61 Å². The van der Waals surface area contributed by atoms with E-state index in [1.807, 2.05) is 0 Å². The Morgan fingerprint density at radius 1 is 1.59 bits per heavy atom. The average Bonchev–Trinajstić information content (AvgIpc) is 2.27. The van der Waals surface area contributed by atoms with E-state index in [0.29, 0.717) is 0 Å². The Morgan fingerprint density at radius 2 is 2.24 bits per heavy atom. The van der Waals surface area contributed by atoms with E-state index in [0.717, 1.165) is 6.07 Å². The molecule has 1 aromatic rings. The molecule has 0 amide bonds. The van der Waals surface area contributed by atoms with Gasteiger partial charge in [0.15, 0.2) is 0 Å². The summed E-state index contributed by atoms with van der Waals surface area (Å²) in [4.78, 5) is 11.4. The van der Waals surface area contributed by atoms with Gasteiger partial charge < -0.3 is 4.74 Å². The molecule has 0 atom stereocenters. The highest BCUT2D eigenvalue weighted by Gasteiger charge is 2.23. The molecule has 3 nitrogen and oxygen atoms in total. The summed E-state index contributed by atoms with van der Waals surface area (Å²) in [5.74, 6) is -0.879. The number of benzene rings is 1. The molecule has 0 saturated heterocycles. The standard InChI is InChI=1S/C11H9F2NO2S/c1-2-16-11(15)7-3-6(5-14)4-8(17)9(7)10(12)13/h3-4,10,17H,2H2,1H3. The minimum atomic E-state index is -2.85. The first-order valence-electron chi connectivity index (χ1n) is 4.73. The third-order valence-electron chi connectivity index (χ3n) is 2.00. The SMILES string of the molecule is CCOC(=O)c1cc(C#N)cc(S)c1C(F)F. The van der Waals surface area contributed by atoms with Crippen LogP contribution in [0.3, 0.4) is 0 Å². The predicted octanol–water partition coefficient (Wildman–Crippen LogP) is 2.96. The molecule has 0 fully saturated rings. The molecule has 0 saturated carbocycles. The highest BCUT2D eigenvalue weighted by Crippen LogP contribution is 2.30. The Hall–Kier alpha value is -1.61. The molecular formula is C11H9F2NO2S. The van der Waals surface area contributed by atoms with Crippen LogP contribution in [0.15, 0.2) is 17.0 Å². The highest BCUT2D eigenvalue weighted by molar-refractivity contribution is 7.80. The summed E-state index contributed by atoms with van der Waals surface area (Å²) in [5.41, 5.74) is -0.737. The Morgan fingerprint density at radius 3 is 2.71 bits per heavy atom. The van der Waals surface area contributed by atoms with Crippen molar-refractivity contribution in [3.63, 3.8) is 0 Å². The van der Waals surface area contributed by atoms with Gasteiger partial charge in [-0.3, -0.25) is 0 Å². The van der Waals surface area contributed by atoms with E-state index in [-0.39, 0.29) is 22.6 Å². The molecule has 0 heterocycles. The summed E-state index contributed by atoms with van der Waals surface area (Å²) in [6, 6.07) is 4.04. The number of rotatable bonds is 3. The van der Waals surface area contributed by atoms with E-state index < -0.39 is 18.0 Å². The summed E-state index contributed by atoms with van der Waals surface area (Å²) in [7, 11) is 0. The number of hydrogen-bond donors (Lipinski definition) is 1. The molecule has 0 bridgehead atoms. The summed E-state index contributed by atoms with van der Waals surface area (Å²) in [5, 5.41) is 8.70. The zero-order valence-electron chi connectivity index (χ0n) is 8.91. The molecule has 0 aliphatic heterocycles. The molecule has 0 N–H and O–H groups in total. The number of carbonyl (C=O) groups excluding carboxylic acids is 1. The van der Waals surface area contributed by atoms with Crippen LogP contribution in [0.4, 0.5) is 8.78 Å². The first-order chi connectivity index (χ1) is 8.01. The third-order valence-corrected chi connectivity index (χ3v) is 2.37. The van der Waals surface area contributed by atoms with Crippen LogP contribution in [0.25, 0.3) is 0 Å². The zero-order valence-corrected chi connectivity index (χ0v) is 9.80. The minimum Gasteiger partial charge on any atom is -0.462 e. The van der Waals surface area contributed by atoms with Gasteiger partial charge in [0.2, 0.25) is 0 Å². The summed E-state index contributed by atoms with van der Waals surface area (Å²) in [6.07, 6.45) is -2.85. The fourth-order valence-electron chi connectivity index (χ4n) is 1.31. The number of carbonyl (C=O) groups is 1. The summed E-state index contributed by atoms with van der Waals surface area (Å²) >= 11 is 3.85. The van der Waals surface area contributed by atoms with Crippen LogP contribution in [-0.2, 0) is 4.74 Å². The Labute approximate surface area is 102 Å². The summed E-state index contributed by atoms with van der Waals surface area (Å²) < 4.78 is 30.2. The number of nitrogens with zero attached hydrogens (tertiary/aromatic N) is 1. The highest BCUT2D eigenvalue weighted by atomic mass is 32.1. The largest absolute Gasteiger partial charge is 0.462 e. The number of halogens is 2. The lowest BCUT2D eigenvalue weighted by Crippen LogP contribution is -2.10. The van der Waals surface area contributed by atoms with Crippen molar-refractivity contribution < 1.29 is 18.3 Å². The molecule has 1 rings (SSSR count). The van der Waals surface area contributed by atoms with E-state index in [2.05, 4.69) is 17.4 Å². The van der Waals surface area contributed by atoms with Crippen molar-refractivity contribution in [1.82, 2.24) is 0 Å². The first-order valence-corrected chi connectivity index (χ1v) is 5.18. The van der Waals surface area contributed by atoms with Gasteiger partial charge in [-0.15, -0.1) is 12.6 Å². The van der Waals surface area contributed by atoms with E-state index in [9.17, 15) is 13.6 Å². The Balaban J connectivity index is 3.38. The molecule has 0 unspecified atom stereocenters. The lowest BCUT2D eigenvalue weighted by molar-refractivity contribution is 0.0514. The molecule has 0 aromatic heterocycles. The molecule has 17 heavy (non-hydrogen) atoms. The van der Waals surface area contributed by atoms with Crippen LogP contribution in [0, 0.1) is 11.3 Å². The molecule has 0 aliphatic carbocycles.